The standard InChI is InChI=1S/C31H50BN3O4Si/c1-29(2,3)40(8,9)37-25-17-15-22(16-18-25)21-34-26-19-23(32-38-30(4,5)31(6,7)39-32)20-33-27(26)35(28(34)36)24-13-11-10-12-14-24/h13,19-20,22,25H,10-12,14-18,21H2,1-9H3/t22-,25+. The fourth-order valence-corrected chi connectivity index (χ4v) is 7.42. The molecule has 3 heterocycles. The lowest BCUT2D eigenvalue weighted by Gasteiger charge is -2.41. The summed E-state index contributed by atoms with van der Waals surface area (Å²) in [6, 6.07) is 2.08. The Balaban J connectivity index is 1.43. The molecule has 0 aromatic carbocycles. The van der Waals surface area contributed by atoms with Gasteiger partial charge in [0.2, 0.25) is 0 Å². The Bertz CT molecular complexity index is 1310. The molecule has 5 rings (SSSR count). The molecule has 1 saturated heterocycles. The SMILES string of the molecule is CC1(C)OB(c2cnc3c(c2)n(C[C@H]2CC[C@@H](O[Si](C)(C)C(C)(C)C)CC2)c(=O)n3C2=CCCCC2)OC1(C)C. The van der Waals surface area contributed by atoms with E-state index in [0.717, 1.165) is 67.3 Å². The third-order valence-corrected chi connectivity index (χ3v) is 14.9. The summed E-state index contributed by atoms with van der Waals surface area (Å²) in [6.45, 7) is 20.6. The Morgan fingerprint density at radius 3 is 2.30 bits per heavy atom. The van der Waals surface area contributed by atoms with Crippen LogP contribution in [0.25, 0.3) is 16.9 Å². The van der Waals surface area contributed by atoms with Crippen LogP contribution in [-0.2, 0) is 20.3 Å². The Kier molecular flexibility index (Phi) is 7.86. The maximum atomic E-state index is 14.0. The minimum absolute atomic E-state index is 0.0290. The molecule has 9 heteroatoms. The van der Waals surface area contributed by atoms with Gasteiger partial charge < -0.3 is 13.7 Å². The van der Waals surface area contributed by atoms with Crippen molar-refractivity contribution in [2.75, 3.05) is 0 Å². The van der Waals surface area contributed by atoms with Crippen LogP contribution in [0.3, 0.4) is 0 Å². The topological polar surface area (TPSA) is 67.5 Å². The van der Waals surface area contributed by atoms with Crippen molar-refractivity contribution in [3.8, 4) is 0 Å². The minimum atomic E-state index is -1.79. The Morgan fingerprint density at radius 1 is 1.07 bits per heavy atom. The van der Waals surface area contributed by atoms with Crippen LogP contribution in [0.1, 0.15) is 99.8 Å². The van der Waals surface area contributed by atoms with E-state index in [1.54, 1.807) is 0 Å². The summed E-state index contributed by atoms with van der Waals surface area (Å²) in [5.74, 6) is 0.442. The van der Waals surface area contributed by atoms with Crippen LogP contribution >= 0.6 is 0 Å². The molecule has 2 aliphatic carbocycles. The summed E-state index contributed by atoms with van der Waals surface area (Å²) in [5, 5.41) is 0.217. The number of hydrogen-bond acceptors (Lipinski definition) is 5. The third-order valence-electron chi connectivity index (χ3n) is 10.4. The normalized spacial score (nSPS) is 25.4. The predicted octanol–water partition coefficient (Wildman–Crippen LogP) is 6.49. The molecule has 7 nitrogen and oxygen atoms in total. The molecule has 0 atom stereocenters. The molecule has 2 aromatic rings. The van der Waals surface area contributed by atoms with Gasteiger partial charge in [0.15, 0.2) is 14.0 Å². The zero-order valence-electron chi connectivity index (χ0n) is 26.3. The number of fused-ring (bicyclic) bond motifs is 1. The van der Waals surface area contributed by atoms with Crippen LogP contribution in [0.2, 0.25) is 18.1 Å². The maximum Gasteiger partial charge on any atom is 0.496 e. The number of hydrogen-bond donors (Lipinski definition) is 0. The summed E-state index contributed by atoms with van der Waals surface area (Å²) in [5.41, 5.74) is 2.73. The van der Waals surface area contributed by atoms with Crippen molar-refractivity contribution in [2.45, 2.75) is 142 Å². The molecule has 2 fully saturated rings. The molecule has 0 amide bonds. The molecule has 0 N–H and O–H groups in total. The van der Waals surface area contributed by atoms with E-state index in [2.05, 4.69) is 73.7 Å². The minimum Gasteiger partial charge on any atom is -0.414 e. The number of allylic oxidation sites excluding steroid dienone is 2. The monoisotopic (exact) mass is 567 g/mol. The van der Waals surface area contributed by atoms with Gasteiger partial charge in [0, 0.05) is 30.0 Å². The van der Waals surface area contributed by atoms with Crippen LogP contribution in [0.15, 0.2) is 23.1 Å². The number of nitrogens with zero attached hydrogens (tertiary/aromatic N) is 3. The average Bonchev–Trinajstić information content (AvgIpc) is 3.27. The summed E-state index contributed by atoms with van der Waals surface area (Å²) in [7, 11) is -2.30. The van der Waals surface area contributed by atoms with Crippen LogP contribution in [-0.4, -0.2) is 46.9 Å². The van der Waals surface area contributed by atoms with E-state index in [1.165, 1.54) is 6.42 Å². The van der Waals surface area contributed by atoms with E-state index in [1.807, 2.05) is 15.3 Å². The maximum absolute atomic E-state index is 14.0. The van der Waals surface area contributed by atoms with Gasteiger partial charge >= 0.3 is 12.8 Å². The van der Waals surface area contributed by atoms with Gasteiger partial charge in [-0.05, 0) is 109 Å². The lowest BCUT2D eigenvalue weighted by Crippen LogP contribution is -2.44. The van der Waals surface area contributed by atoms with Gasteiger partial charge in [0.1, 0.15) is 0 Å². The largest absolute Gasteiger partial charge is 0.496 e. The van der Waals surface area contributed by atoms with Gasteiger partial charge in [0.25, 0.3) is 0 Å². The van der Waals surface area contributed by atoms with Gasteiger partial charge in [-0.1, -0.05) is 26.8 Å². The smallest absolute Gasteiger partial charge is 0.414 e. The van der Waals surface area contributed by atoms with Crippen molar-refractivity contribution in [2.24, 2.45) is 5.92 Å². The highest BCUT2D eigenvalue weighted by molar-refractivity contribution is 6.74. The molecular weight excluding hydrogens is 517 g/mol. The van der Waals surface area contributed by atoms with E-state index in [-0.39, 0.29) is 10.7 Å². The van der Waals surface area contributed by atoms with Crippen molar-refractivity contribution in [1.29, 1.82) is 0 Å². The van der Waals surface area contributed by atoms with E-state index < -0.39 is 26.6 Å². The van der Waals surface area contributed by atoms with Gasteiger partial charge in [-0.25, -0.2) is 14.3 Å². The average molecular weight is 568 g/mol. The highest BCUT2D eigenvalue weighted by atomic mass is 28.4. The number of aromatic nitrogens is 3. The second kappa shape index (κ2) is 10.5. The van der Waals surface area contributed by atoms with Crippen LogP contribution < -0.4 is 11.2 Å². The summed E-state index contributed by atoms with van der Waals surface area (Å²) >= 11 is 0. The van der Waals surface area contributed by atoms with Crippen molar-refractivity contribution in [3.05, 3.63) is 28.8 Å². The highest BCUT2D eigenvalue weighted by Gasteiger charge is 2.52. The molecule has 220 valence electrons. The van der Waals surface area contributed by atoms with Gasteiger partial charge in [-0.15, -0.1) is 0 Å². The molecule has 1 aliphatic heterocycles. The van der Waals surface area contributed by atoms with Gasteiger partial charge in [-0.3, -0.25) is 4.57 Å². The van der Waals surface area contributed by atoms with Crippen LogP contribution in [0.4, 0.5) is 0 Å². The first-order chi connectivity index (χ1) is 18.6. The Morgan fingerprint density at radius 2 is 1.73 bits per heavy atom. The molecule has 3 aliphatic rings. The Hall–Kier alpha value is -1.68. The quantitative estimate of drug-likeness (QED) is 0.373. The van der Waals surface area contributed by atoms with E-state index in [4.69, 9.17) is 18.7 Å². The third kappa shape index (κ3) is 5.55. The fraction of sp³-hybridized carbons (Fsp3) is 0.742. The number of pyridine rings is 1. The molecule has 0 bridgehead atoms. The number of rotatable bonds is 6. The second-order valence-corrected chi connectivity index (χ2v) is 19.6. The zero-order chi connectivity index (χ0) is 29.1. The summed E-state index contributed by atoms with van der Waals surface area (Å²) < 4.78 is 23.3. The fourth-order valence-electron chi connectivity index (χ4n) is 6.00. The Labute approximate surface area is 241 Å². The zero-order valence-corrected chi connectivity index (χ0v) is 27.3. The van der Waals surface area contributed by atoms with Crippen molar-refractivity contribution in [3.63, 3.8) is 0 Å². The van der Waals surface area contributed by atoms with Crippen molar-refractivity contribution < 1.29 is 13.7 Å². The molecule has 1 saturated carbocycles. The van der Waals surface area contributed by atoms with Crippen molar-refractivity contribution >= 4 is 37.8 Å². The first-order valence-corrected chi connectivity index (χ1v) is 18.3. The van der Waals surface area contributed by atoms with Crippen LogP contribution in [0.5, 0.6) is 0 Å². The highest BCUT2D eigenvalue weighted by Crippen LogP contribution is 2.40. The molecule has 0 radical (unpaired) electrons. The molecule has 0 spiro atoms. The molecule has 2 aromatic heterocycles. The molecule has 0 unspecified atom stereocenters. The summed E-state index contributed by atoms with van der Waals surface area (Å²) in [6.07, 6.45) is 12.9. The number of imidazole rings is 1. The van der Waals surface area contributed by atoms with Gasteiger partial charge in [-0.2, -0.15) is 0 Å². The lowest BCUT2D eigenvalue weighted by molar-refractivity contribution is 0.00578. The van der Waals surface area contributed by atoms with E-state index in [0.29, 0.717) is 18.6 Å². The molecule has 40 heavy (non-hydrogen) atoms. The lowest BCUT2D eigenvalue weighted by atomic mass is 9.80. The molecular formula is C31H50BN3O4Si. The van der Waals surface area contributed by atoms with Gasteiger partial charge in [0.05, 0.1) is 16.7 Å². The van der Waals surface area contributed by atoms with Crippen LogP contribution in [0, 0.1) is 5.92 Å². The second-order valence-electron chi connectivity index (χ2n) is 14.9. The van der Waals surface area contributed by atoms with E-state index in [9.17, 15) is 4.79 Å². The van der Waals surface area contributed by atoms with E-state index >= 15 is 0 Å². The summed E-state index contributed by atoms with van der Waals surface area (Å²) in [4.78, 5) is 18.9. The first kappa shape index (κ1) is 29.8. The van der Waals surface area contributed by atoms with Crippen molar-refractivity contribution in [1.82, 2.24) is 14.1 Å². The predicted molar refractivity (Wildman–Crippen MR) is 166 cm³/mol. The first-order valence-electron chi connectivity index (χ1n) is 15.4.